The van der Waals surface area contributed by atoms with Crippen LogP contribution in [0.5, 0.6) is 0 Å². The van der Waals surface area contributed by atoms with Gasteiger partial charge in [-0.05, 0) is 69.1 Å². The molecule has 506 valence electrons. The van der Waals surface area contributed by atoms with Crippen molar-refractivity contribution in [3.05, 3.63) is 24.3 Å². The van der Waals surface area contributed by atoms with E-state index in [2.05, 4.69) is 72.8 Å². The number of ether oxygens (including phenoxy) is 4. The molecule has 0 bridgehead atoms. The number of unbranched alkanes of at least 4 members (excludes halogenated alkanes) is 28. The van der Waals surface area contributed by atoms with Gasteiger partial charge in [0.2, 0.25) is 0 Å². The van der Waals surface area contributed by atoms with Crippen molar-refractivity contribution in [1.82, 2.24) is 0 Å². The molecule has 0 aliphatic rings. The summed E-state index contributed by atoms with van der Waals surface area (Å²) >= 11 is 0. The second-order valence-corrected chi connectivity index (χ2v) is 27.9. The molecule has 3 N–H and O–H groups in total. The quantitative estimate of drug-likeness (QED) is 0.0169. The molecule has 5 atom stereocenters. The standard InChI is InChI=1S/C67H126O17P2/c1-8-9-10-11-12-13-14-15-16-17-18-22-25-34-41-48-64(69)77-54-62(83-66(71)50-43-36-26-23-20-19-21-24-31-38-45-58(2)3)56-81-85(73,74)79-52-61(68)53-80-86(75,76)82-57-63(84-67(72)51-44-37-30-28-33-40-47-60(6)7)55-78-65(70)49-42-35-29-27-32-39-46-59(4)5/h13-16,58-63,68H,8-12,17-57H2,1-7H3,(H,73,74)(H,75,76)/b14-13-,16-15-/t61-,62-,63-/m1/s1. The van der Waals surface area contributed by atoms with Crippen molar-refractivity contribution in [2.45, 2.75) is 324 Å². The molecule has 2 unspecified atom stereocenters. The minimum atomic E-state index is -4.96. The predicted molar refractivity (Wildman–Crippen MR) is 344 cm³/mol. The van der Waals surface area contributed by atoms with Crippen LogP contribution in [0.1, 0.15) is 305 Å². The topological polar surface area (TPSA) is 237 Å². The number of phosphoric acid groups is 2. The SMILES string of the molecule is CCCCCC/C=C\C=C/CCCCCCCC(=O)OC[C@H](COP(=O)(O)OC[C@@H](O)COP(=O)(O)OC[C@@H](COC(=O)CCCCCCCCC(C)C)OC(=O)CCCCCCCCC(C)C)OC(=O)CCCCCCCCCCCCC(C)C. The molecule has 0 fully saturated rings. The van der Waals surface area contributed by atoms with Crippen molar-refractivity contribution in [3.63, 3.8) is 0 Å². The molecule has 0 saturated carbocycles. The van der Waals surface area contributed by atoms with E-state index in [1.807, 2.05) is 0 Å². The molecular weight excluding hydrogens is 1140 g/mol. The average molecular weight is 1270 g/mol. The maximum Gasteiger partial charge on any atom is 0.472 e. The molecule has 0 rings (SSSR count). The van der Waals surface area contributed by atoms with E-state index in [4.69, 9.17) is 37.0 Å². The predicted octanol–water partition coefficient (Wildman–Crippen LogP) is 18.2. The number of esters is 4. The van der Waals surface area contributed by atoms with Gasteiger partial charge < -0.3 is 33.8 Å². The van der Waals surface area contributed by atoms with Crippen molar-refractivity contribution in [3.8, 4) is 0 Å². The second-order valence-electron chi connectivity index (χ2n) is 25.0. The maximum absolute atomic E-state index is 13.0. The number of allylic oxidation sites excluding steroid dienone is 4. The number of carbonyl (C=O) groups is 4. The number of carbonyl (C=O) groups excluding carboxylic acids is 4. The van der Waals surface area contributed by atoms with Gasteiger partial charge in [-0.3, -0.25) is 37.3 Å². The molecule has 0 aromatic carbocycles. The van der Waals surface area contributed by atoms with Gasteiger partial charge in [-0.2, -0.15) is 0 Å². The van der Waals surface area contributed by atoms with Gasteiger partial charge in [-0.25, -0.2) is 9.13 Å². The fourth-order valence-electron chi connectivity index (χ4n) is 9.47. The van der Waals surface area contributed by atoms with E-state index in [1.165, 1.54) is 89.9 Å². The van der Waals surface area contributed by atoms with Crippen LogP contribution in [-0.4, -0.2) is 96.7 Å². The smallest absolute Gasteiger partial charge is 0.462 e. The van der Waals surface area contributed by atoms with E-state index < -0.39 is 97.5 Å². The summed E-state index contributed by atoms with van der Waals surface area (Å²) in [6.45, 7) is 11.6. The first-order valence-corrected chi connectivity index (χ1v) is 37.2. The molecule has 17 nitrogen and oxygen atoms in total. The third kappa shape index (κ3) is 60.5. The van der Waals surface area contributed by atoms with Crippen molar-refractivity contribution in [1.29, 1.82) is 0 Å². The maximum atomic E-state index is 13.0. The summed E-state index contributed by atoms with van der Waals surface area (Å²) in [4.78, 5) is 72.3. The molecule has 0 aromatic heterocycles. The lowest BCUT2D eigenvalue weighted by Crippen LogP contribution is -2.30. The molecule has 0 heterocycles. The summed E-state index contributed by atoms with van der Waals surface area (Å²) in [6.07, 6.45) is 42.9. The lowest BCUT2D eigenvalue weighted by Gasteiger charge is -2.21. The molecular formula is C67H126O17P2. The molecule has 19 heteroatoms. The fourth-order valence-corrected chi connectivity index (χ4v) is 11.0. The van der Waals surface area contributed by atoms with Gasteiger partial charge in [-0.15, -0.1) is 0 Å². The van der Waals surface area contributed by atoms with Gasteiger partial charge in [0.1, 0.15) is 19.3 Å². The summed E-state index contributed by atoms with van der Waals surface area (Å²) in [5, 5.41) is 10.5. The Balaban J connectivity index is 5.27. The van der Waals surface area contributed by atoms with Crippen LogP contribution in [0, 0.1) is 17.8 Å². The molecule has 0 saturated heterocycles. The van der Waals surface area contributed by atoms with E-state index in [1.54, 1.807) is 0 Å². The molecule has 0 aliphatic carbocycles. The number of aliphatic hydroxyl groups is 1. The van der Waals surface area contributed by atoms with Crippen LogP contribution in [0.3, 0.4) is 0 Å². The van der Waals surface area contributed by atoms with Crippen LogP contribution in [0.2, 0.25) is 0 Å². The lowest BCUT2D eigenvalue weighted by atomic mass is 10.0. The minimum absolute atomic E-state index is 0.0983. The first-order valence-electron chi connectivity index (χ1n) is 34.2. The third-order valence-electron chi connectivity index (χ3n) is 14.8. The molecule has 0 spiro atoms. The van der Waals surface area contributed by atoms with Crippen molar-refractivity contribution < 1.29 is 80.2 Å². The molecule has 0 aromatic rings. The molecule has 0 radical (unpaired) electrons. The van der Waals surface area contributed by atoms with Crippen LogP contribution in [-0.2, 0) is 65.4 Å². The van der Waals surface area contributed by atoms with Gasteiger partial charge in [0, 0.05) is 25.7 Å². The Bertz CT molecular complexity index is 1790. The molecule has 0 aliphatic heterocycles. The second kappa shape index (κ2) is 57.7. The van der Waals surface area contributed by atoms with Crippen molar-refractivity contribution >= 4 is 39.5 Å². The van der Waals surface area contributed by atoms with Crippen LogP contribution in [0.25, 0.3) is 0 Å². The summed E-state index contributed by atoms with van der Waals surface area (Å²) in [5.41, 5.74) is 0. The van der Waals surface area contributed by atoms with Crippen molar-refractivity contribution in [2.75, 3.05) is 39.6 Å². The fraction of sp³-hybridized carbons (Fsp3) is 0.881. The van der Waals surface area contributed by atoms with Gasteiger partial charge in [-0.1, -0.05) is 253 Å². The Morgan fingerprint density at radius 3 is 0.942 bits per heavy atom. The zero-order chi connectivity index (χ0) is 63.8. The zero-order valence-electron chi connectivity index (χ0n) is 55.3. The van der Waals surface area contributed by atoms with E-state index in [9.17, 15) is 43.2 Å². The Labute approximate surface area is 522 Å². The first-order chi connectivity index (χ1) is 41.2. The van der Waals surface area contributed by atoms with Crippen LogP contribution < -0.4 is 0 Å². The highest BCUT2D eigenvalue weighted by atomic mass is 31.2. The first kappa shape index (κ1) is 83.5. The number of hydrogen-bond acceptors (Lipinski definition) is 15. The Hall–Kier alpha value is -2.46. The van der Waals surface area contributed by atoms with E-state index >= 15 is 0 Å². The Morgan fingerprint density at radius 2 is 0.628 bits per heavy atom. The van der Waals surface area contributed by atoms with E-state index in [0.717, 1.165) is 121 Å². The van der Waals surface area contributed by atoms with E-state index in [0.29, 0.717) is 37.5 Å². The largest absolute Gasteiger partial charge is 0.472 e. The van der Waals surface area contributed by atoms with E-state index in [-0.39, 0.29) is 25.7 Å². The average Bonchev–Trinajstić information content (AvgIpc) is 3.64. The van der Waals surface area contributed by atoms with Crippen molar-refractivity contribution in [2.24, 2.45) is 17.8 Å². The Morgan fingerprint density at radius 1 is 0.360 bits per heavy atom. The molecule has 86 heavy (non-hydrogen) atoms. The van der Waals surface area contributed by atoms with Gasteiger partial charge in [0.05, 0.1) is 26.4 Å². The summed E-state index contributed by atoms with van der Waals surface area (Å²) < 4.78 is 68.0. The summed E-state index contributed by atoms with van der Waals surface area (Å²) in [5.74, 6) is -0.0735. The lowest BCUT2D eigenvalue weighted by molar-refractivity contribution is -0.161. The van der Waals surface area contributed by atoms with Crippen LogP contribution in [0.15, 0.2) is 24.3 Å². The van der Waals surface area contributed by atoms with Gasteiger partial charge in [0.15, 0.2) is 12.2 Å². The minimum Gasteiger partial charge on any atom is -0.462 e. The number of rotatable bonds is 63. The summed E-state index contributed by atoms with van der Waals surface area (Å²) in [6, 6.07) is 0. The zero-order valence-corrected chi connectivity index (χ0v) is 57.0. The summed E-state index contributed by atoms with van der Waals surface area (Å²) in [7, 11) is -9.90. The molecule has 0 amide bonds. The number of phosphoric ester groups is 2. The van der Waals surface area contributed by atoms with Gasteiger partial charge >= 0.3 is 39.5 Å². The highest BCUT2D eigenvalue weighted by Crippen LogP contribution is 2.45. The van der Waals surface area contributed by atoms with Crippen LogP contribution >= 0.6 is 15.6 Å². The number of hydrogen-bond donors (Lipinski definition) is 3. The van der Waals surface area contributed by atoms with Gasteiger partial charge in [0.25, 0.3) is 0 Å². The highest BCUT2D eigenvalue weighted by Gasteiger charge is 2.30. The Kier molecular flexibility index (Phi) is 56.0. The van der Waals surface area contributed by atoms with Crippen LogP contribution in [0.4, 0.5) is 0 Å². The normalized spacial score (nSPS) is 14.5. The third-order valence-corrected chi connectivity index (χ3v) is 16.7. The monoisotopic (exact) mass is 1260 g/mol. The number of aliphatic hydroxyl groups excluding tert-OH is 1. The highest BCUT2D eigenvalue weighted by molar-refractivity contribution is 7.47.